The molecule has 50 heavy (non-hydrogen) atoms. The fourth-order valence-corrected chi connectivity index (χ4v) is 9.58. The lowest BCUT2D eigenvalue weighted by molar-refractivity contribution is 0.400. The van der Waals surface area contributed by atoms with Gasteiger partial charge in [-0.1, -0.05) is 79.7 Å². The monoisotopic (exact) mass is 662 g/mol. The maximum absolute atomic E-state index is 10.3. The van der Waals surface area contributed by atoms with Gasteiger partial charge >= 0.3 is 0 Å². The van der Waals surface area contributed by atoms with E-state index >= 15 is 0 Å². The molecule has 3 aromatic carbocycles. The Labute approximate surface area is 301 Å². The van der Waals surface area contributed by atoms with Crippen LogP contribution in [-0.4, -0.2) is 26.2 Å². The first-order valence-electron chi connectivity index (χ1n) is 18.7. The Kier molecular flexibility index (Phi) is 7.95. The number of anilines is 2. The number of hydrogen-bond acceptors (Lipinski definition) is 4. The molecule has 0 aromatic heterocycles. The minimum Gasteiger partial charge on any atom is -0.371 e. The molecule has 0 atom stereocenters. The molecule has 4 heterocycles. The third-order valence-corrected chi connectivity index (χ3v) is 13.0. The number of hydrogen-bond donors (Lipinski definition) is 0. The van der Waals surface area contributed by atoms with Crippen LogP contribution in [0.15, 0.2) is 24.3 Å². The van der Waals surface area contributed by atoms with Crippen molar-refractivity contribution in [3.05, 3.63) is 91.0 Å². The van der Waals surface area contributed by atoms with E-state index in [4.69, 9.17) is 0 Å². The Bertz CT molecular complexity index is 1920. The highest BCUT2D eigenvalue weighted by Gasteiger charge is 2.42. The van der Waals surface area contributed by atoms with E-state index in [0.717, 1.165) is 63.0 Å². The predicted molar refractivity (Wildman–Crippen MR) is 211 cm³/mol. The van der Waals surface area contributed by atoms with Crippen LogP contribution in [0.2, 0.25) is 0 Å². The maximum Gasteiger partial charge on any atom is 0.0998 e. The summed E-state index contributed by atoms with van der Waals surface area (Å²) in [7, 11) is 0. The van der Waals surface area contributed by atoms with E-state index < -0.39 is 0 Å². The highest BCUT2D eigenvalue weighted by molar-refractivity contribution is 5.83. The van der Waals surface area contributed by atoms with Crippen molar-refractivity contribution in [3.8, 4) is 12.1 Å². The van der Waals surface area contributed by atoms with Gasteiger partial charge in [0, 0.05) is 37.6 Å². The first kappa shape index (κ1) is 34.2. The number of nitriles is 2. The molecule has 0 fully saturated rings. The zero-order valence-corrected chi connectivity index (χ0v) is 32.1. The van der Waals surface area contributed by atoms with Gasteiger partial charge in [-0.3, -0.25) is 0 Å². The third kappa shape index (κ3) is 5.39. The molecule has 0 N–H and O–H groups in total. The molecule has 0 bridgehead atoms. The molecule has 4 aliphatic heterocycles. The molecule has 258 valence electrons. The molecule has 4 heteroatoms. The Morgan fingerprint density at radius 2 is 0.820 bits per heavy atom. The first-order chi connectivity index (χ1) is 23.5. The maximum atomic E-state index is 10.3. The Hall–Kier alpha value is -4.28. The lowest BCUT2D eigenvalue weighted by Crippen LogP contribution is -2.45. The van der Waals surface area contributed by atoms with E-state index in [2.05, 4.69) is 115 Å². The zero-order chi connectivity index (χ0) is 36.0. The summed E-state index contributed by atoms with van der Waals surface area (Å²) in [6.07, 6.45) is 13.0. The molecule has 0 aliphatic carbocycles. The average molecular weight is 663 g/mol. The normalized spacial score (nSPS) is 20.7. The van der Waals surface area contributed by atoms with Gasteiger partial charge in [-0.25, -0.2) is 0 Å². The van der Waals surface area contributed by atoms with Crippen LogP contribution in [0.25, 0.3) is 24.3 Å². The van der Waals surface area contributed by atoms with Crippen molar-refractivity contribution in [1.82, 2.24) is 0 Å². The van der Waals surface area contributed by atoms with Crippen molar-refractivity contribution in [2.24, 2.45) is 0 Å². The Balaban J connectivity index is 1.29. The zero-order valence-electron chi connectivity index (χ0n) is 32.1. The van der Waals surface area contributed by atoms with Gasteiger partial charge in [0.2, 0.25) is 0 Å². The second-order valence-corrected chi connectivity index (χ2v) is 18.2. The third-order valence-electron chi connectivity index (χ3n) is 13.0. The number of nitrogens with zero attached hydrogens (tertiary/aromatic N) is 4. The summed E-state index contributed by atoms with van der Waals surface area (Å²) in [5, 5.41) is 20.7. The summed E-state index contributed by atoms with van der Waals surface area (Å²) in [4.78, 5) is 5.22. The van der Waals surface area contributed by atoms with Gasteiger partial charge < -0.3 is 9.80 Å². The smallest absolute Gasteiger partial charge is 0.0998 e. The van der Waals surface area contributed by atoms with Gasteiger partial charge in [-0.15, -0.1) is 0 Å². The van der Waals surface area contributed by atoms with Crippen molar-refractivity contribution in [3.63, 3.8) is 0 Å². The number of rotatable bonds is 4. The largest absolute Gasteiger partial charge is 0.371 e. The highest BCUT2D eigenvalue weighted by Crippen LogP contribution is 2.52. The van der Waals surface area contributed by atoms with Crippen LogP contribution in [-0.2, 0) is 21.7 Å². The standard InChI is InChI=1S/C46H54N4/c1-29-31(25-37-41-39(29)45(7,8)17-21-49(41)19-15-43(37,3)4)11-13-33-23-36(28-48)34(24-35(33)27-47)14-12-32-26-38-42-40(30(32)2)46(9,10)18-22-50(42)20-16-44(38,5)6/h11-14,23-26H,15-22H2,1-10H3. The quantitative estimate of drug-likeness (QED) is 0.261. The van der Waals surface area contributed by atoms with Crippen LogP contribution >= 0.6 is 0 Å². The van der Waals surface area contributed by atoms with Gasteiger partial charge in [-0.05, 0) is 141 Å². The van der Waals surface area contributed by atoms with Crippen LogP contribution < -0.4 is 9.80 Å². The molecule has 4 aliphatic rings. The molecule has 0 spiro atoms. The molecule has 0 unspecified atom stereocenters. The molecule has 0 amide bonds. The Morgan fingerprint density at radius 1 is 0.500 bits per heavy atom. The van der Waals surface area contributed by atoms with Gasteiger partial charge in [0.1, 0.15) is 0 Å². The summed E-state index contributed by atoms with van der Waals surface area (Å²) in [6, 6.07) is 13.5. The van der Waals surface area contributed by atoms with E-state index in [9.17, 15) is 10.5 Å². The van der Waals surface area contributed by atoms with Crippen LogP contribution in [0, 0.1) is 36.5 Å². The summed E-state index contributed by atoms with van der Waals surface area (Å²) in [5.41, 5.74) is 16.9. The minimum atomic E-state index is 0.0980. The minimum absolute atomic E-state index is 0.0980. The first-order valence-corrected chi connectivity index (χ1v) is 18.7. The number of benzene rings is 3. The molecular formula is C46H54N4. The highest BCUT2D eigenvalue weighted by atomic mass is 15.2. The van der Waals surface area contributed by atoms with Crippen molar-refractivity contribution in [2.45, 2.75) is 117 Å². The van der Waals surface area contributed by atoms with Crippen LogP contribution in [0.4, 0.5) is 11.4 Å². The van der Waals surface area contributed by atoms with Crippen LogP contribution in [0.3, 0.4) is 0 Å². The van der Waals surface area contributed by atoms with Crippen molar-refractivity contribution in [1.29, 1.82) is 10.5 Å². The van der Waals surface area contributed by atoms with E-state index in [0.29, 0.717) is 11.1 Å². The summed E-state index contributed by atoms with van der Waals surface area (Å²) >= 11 is 0. The average Bonchev–Trinajstić information content (AvgIpc) is 3.05. The van der Waals surface area contributed by atoms with Crippen LogP contribution in [0.1, 0.15) is 148 Å². The second kappa shape index (κ2) is 11.6. The van der Waals surface area contributed by atoms with E-state index in [1.807, 2.05) is 24.3 Å². The molecule has 0 saturated heterocycles. The van der Waals surface area contributed by atoms with Crippen LogP contribution in [0.5, 0.6) is 0 Å². The Morgan fingerprint density at radius 3 is 1.16 bits per heavy atom. The SMILES string of the molecule is Cc1c(C=Cc2cc(C#N)c(C=Cc3cc4c5c(c3C)C(C)(C)CCN5CCC4(C)C)cc2C#N)cc2c3c1C(C)(C)CCN3CCC2(C)C. The molecule has 3 aromatic rings. The lowest BCUT2D eigenvalue weighted by Gasteiger charge is -2.49. The topological polar surface area (TPSA) is 54.1 Å². The van der Waals surface area contributed by atoms with Gasteiger partial charge in [-0.2, -0.15) is 10.5 Å². The lowest BCUT2D eigenvalue weighted by atomic mass is 9.67. The molecule has 4 nitrogen and oxygen atoms in total. The summed E-state index contributed by atoms with van der Waals surface area (Å²) < 4.78 is 0. The second-order valence-electron chi connectivity index (χ2n) is 18.2. The predicted octanol–water partition coefficient (Wildman–Crippen LogP) is 10.7. The van der Waals surface area contributed by atoms with Crippen molar-refractivity contribution in [2.75, 3.05) is 36.0 Å². The van der Waals surface area contributed by atoms with E-state index in [-0.39, 0.29) is 21.7 Å². The molecule has 0 radical (unpaired) electrons. The molecular weight excluding hydrogens is 609 g/mol. The van der Waals surface area contributed by atoms with Crippen molar-refractivity contribution < 1.29 is 0 Å². The fourth-order valence-electron chi connectivity index (χ4n) is 9.58. The summed E-state index contributed by atoms with van der Waals surface area (Å²) in [5.74, 6) is 0. The van der Waals surface area contributed by atoms with Gasteiger partial charge in [0.05, 0.1) is 23.3 Å². The summed E-state index contributed by atoms with van der Waals surface area (Å²) in [6.45, 7) is 28.0. The molecule has 0 saturated carbocycles. The molecule has 7 rings (SSSR count). The van der Waals surface area contributed by atoms with Crippen molar-refractivity contribution >= 4 is 35.7 Å². The van der Waals surface area contributed by atoms with Gasteiger partial charge in [0.15, 0.2) is 0 Å². The van der Waals surface area contributed by atoms with E-state index in [1.165, 1.54) is 55.9 Å². The van der Waals surface area contributed by atoms with Gasteiger partial charge in [0.25, 0.3) is 0 Å². The van der Waals surface area contributed by atoms with E-state index in [1.54, 1.807) is 0 Å². The fraction of sp³-hybridized carbons (Fsp3) is 0.478.